The van der Waals surface area contributed by atoms with Crippen LogP contribution < -0.4 is 5.32 Å². The third-order valence-corrected chi connectivity index (χ3v) is 4.15. The fourth-order valence-corrected chi connectivity index (χ4v) is 2.74. The number of nitrogens with zero attached hydrogens (tertiary/aromatic N) is 2. The Morgan fingerprint density at radius 2 is 2.14 bits per heavy atom. The highest BCUT2D eigenvalue weighted by atomic mass is 16.2. The van der Waals surface area contributed by atoms with Crippen molar-refractivity contribution in [3.05, 3.63) is 30.1 Å². The number of nitrogens with one attached hydrogen (secondary N) is 2. The molecular formula is C16H22N4O. The van der Waals surface area contributed by atoms with Gasteiger partial charge in [0.15, 0.2) is 0 Å². The minimum Gasteiger partial charge on any atom is -0.342 e. The smallest absolute Gasteiger partial charge is 0.317 e. The highest BCUT2D eigenvalue weighted by Gasteiger charge is 2.19. The molecule has 0 aliphatic carbocycles. The summed E-state index contributed by atoms with van der Waals surface area (Å²) < 4.78 is 0. The van der Waals surface area contributed by atoms with Crippen LogP contribution in [0, 0.1) is 5.92 Å². The monoisotopic (exact) mass is 286 g/mol. The van der Waals surface area contributed by atoms with Gasteiger partial charge in [0.2, 0.25) is 0 Å². The van der Waals surface area contributed by atoms with Crippen LogP contribution in [-0.2, 0) is 6.42 Å². The van der Waals surface area contributed by atoms with Crippen molar-refractivity contribution in [2.24, 2.45) is 5.92 Å². The van der Waals surface area contributed by atoms with E-state index in [1.165, 1.54) is 0 Å². The predicted molar refractivity (Wildman–Crippen MR) is 83.2 cm³/mol. The molecule has 1 aliphatic heterocycles. The number of piperidine rings is 1. The van der Waals surface area contributed by atoms with Crippen LogP contribution in [0.15, 0.2) is 24.3 Å². The number of hydrogen-bond donors (Lipinski definition) is 2. The van der Waals surface area contributed by atoms with Gasteiger partial charge in [-0.05, 0) is 30.9 Å². The standard InChI is InChI=1S/C16H22N4O/c1-12-7-10-20(11-8-12)16(21)17-9-6-15-18-13-4-2-3-5-14(13)19-15/h2-5,12H,6-11H2,1H3,(H,17,21)(H,18,19). The fourth-order valence-electron chi connectivity index (χ4n) is 2.74. The quantitative estimate of drug-likeness (QED) is 0.911. The summed E-state index contributed by atoms with van der Waals surface area (Å²) >= 11 is 0. The summed E-state index contributed by atoms with van der Waals surface area (Å²) in [4.78, 5) is 21.8. The zero-order valence-electron chi connectivity index (χ0n) is 12.4. The molecule has 1 aromatic heterocycles. The average Bonchev–Trinajstić information content (AvgIpc) is 2.90. The highest BCUT2D eigenvalue weighted by molar-refractivity contribution is 5.75. The number of urea groups is 1. The number of H-pyrrole nitrogens is 1. The molecule has 3 rings (SSSR count). The maximum Gasteiger partial charge on any atom is 0.317 e. The van der Waals surface area contributed by atoms with Crippen LogP contribution in [0.1, 0.15) is 25.6 Å². The molecular weight excluding hydrogens is 264 g/mol. The number of aromatic amines is 1. The molecule has 0 radical (unpaired) electrons. The van der Waals surface area contributed by atoms with Crippen LogP contribution in [-0.4, -0.2) is 40.5 Å². The minimum atomic E-state index is 0.0537. The van der Waals surface area contributed by atoms with Crippen molar-refractivity contribution < 1.29 is 4.79 Å². The molecule has 112 valence electrons. The molecule has 2 heterocycles. The van der Waals surface area contributed by atoms with Gasteiger partial charge in [0, 0.05) is 26.1 Å². The molecule has 0 unspecified atom stereocenters. The molecule has 1 aliphatic rings. The lowest BCUT2D eigenvalue weighted by atomic mass is 10.00. The maximum absolute atomic E-state index is 12.1. The van der Waals surface area contributed by atoms with Crippen molar-refractivity contribution in [2.75, 3.05) is 19.6 Å². The number of para-hydroxylation sites is 2. The Kier molecular flexibility index (Phi) is 4.08. The Hall–Kier alpha value is -2.04. The van der Waals surface area contributed by atoms with Crippen molar-refractivity contribution in [2.45, 2.75) is 26.2 Å². The molecule has 0 atom stereocenters. The molecule has 1 saturated heterocycles. The maximum atomic E-state index is 12.1. The number of carbonyl (C=O) groups is 1. The number of benzene rings is 1. The number of amides is 2. The Balaban J connectivity index is 1.48. The van der Waals surface area contributed by atoms with Gasteiger partial charge in [-0.3, -0.25) is 0 Å². The molecule has 0 spiro atoms. The molecule has 5 nitrogen and oxygen atoms in total. The first-order chi connectivity index (χ1) is 10.2. The van der Waals surface area contributed by atoms with Gasteiger partial charge in [0.1, 0.15) is 5.82 Å². The largest absolute Gasteiger partial charge is 0.342 e. The van der Waals surface area contributed by atoms with E-state index in [4.69, 9.17) is 0 Å². The number of likely N-dealkylation sites (tertiary alicyclic amines) is 1. The summed E-state index contributed by atoms with van der Waals surface area (Å²) in [5, 5.41) is 2.99. The lowest BCUT2D eigenvalue weighted by Crippen LogP contribution is -2.44. The topological polar surface area (TPSA) is 61.0 Å². The second-order valence-electron chi connectivity index (χ2n) is 5.85. The summed E-state index contributed by atoms with van der Waals surface area (Å²) in [6.45, 7) is 4.61. The summed E-state index contributed by atoms with van der Waals surface area (Å²) in [7, 11) is 0. The number of imidazole rings is 1. The number of hydrogen-bond acceptors (Lipinski definition) is 2. The van der Waals surface area contributed by atoms with Crippen molar-refractivity contribution in [1.29, 1.82) is 0 Å². The van der Waals surface area contributed by atoms with Gasteiger partial charge in [-0.25, -0.2) is 9.78 Å². The molecule has 0 bridgehead atoms. The van der Waals surface area contributed by atoms with Crippen LogP contribution in [0.25, 0.3) is 11.0 Å². The summed E-state index contributed by atoms with van der Waals surface area (Å²) in [5.74, 6) is 1.66. The second kappa shape index (κ2) is 6.16. The third kappa shape index (κ3) is 3.35. The third-order valence-electron chi connectivity index (χ3n) is 4.15. The Morgan fingerprint density at radius 3 is 2.90 bits per heavy atom. The van der Waals surface area contributed by atoms with Gasteiger partial charge in [0.25, 0.3) is 0 Å². The molecule has 5 heteroatoms. The summed E-state index contributed by atoms with van der Waals surface area (Å²) in [6, 6.07) is 8.02. The Morgan fingerprint density at radius 1 is 1.38 bits per heavy atom. The van der Waals surface area contributed by atoms with Crippen LogP contribution in [0.3, 0.4) is 0 Å². The van der Waals surface area contributed by atoms with E-state index in [1.807, 2.05) is 29.2 Å². The van der Waals surface area contributed by atoms with E-state index in [2.05, 4.69) is 22.2 Å². The molecule has 0 saturated carbocycles. The van der Waals surface area contributed by atoms with Gasteiger partial charge in [-0.15, -0.1) is 0 Å². The lowest BCUT2D eigenvalue weighted by molar-refractivity contribution is 0.174. The zero-order valence-corrected chi connectivity index (χ0v) is 12.4. The summed E-state index contributed by atoms with van der Waals surface area (Å²) in [5.41, 5.74) is 2.02. The van der Waals surface area contributed by atoms with E-state index in [0.29, 0.717) is 6.54 Å². The van der Waals surface area contributed by atoms with E-state index < -0.39 is 0 Å². The van der Waals surface area contributed by atoms with Crippen LogP contribution in [0.5, 0.6) is 0 Å². The van der Waals surface area contributed by atoms with Crippen LogP contribution in [0.4, 0.5) is 4.79 Å². The average molecular weight is 286 g/mol. The number of aromatic nitrogens is 2. The number of fused-ring (bicyclic) bond motifs is 1. The lowest BCUT2D eigenvalue weighted by Gasteiger charge is -2.30. The van der Waals surface area contributed by atoms with Gasteiger partial charge in [-0.2, -0.15) is 0 Å². The fraction of sp³-hybridized carbons (Fsp3) is 0.500. The molecule has 1 aromatic carbocycles. The SMILES string of the molecule is CC1CCN(C(=O)NCCc2nc3ccccc3[nH]2)CC1. The van der Waals surface area contributed by atoms with E-state index in [9.17, 15) is 4.79 Å². The van der Waals surface area contributed by atoms with Crippen molar-refractivity contribution in [3.8, 4) is 0 Å². The van der Waals surface area contributed by atoms with Crippen LogP contribution >= 0.6 is 0 Å². The first kappa shape index (κ1) is 13.9. The van der Waals surface area contributed by atoms with Gasteiger partial charge >= 0.3 is 6.03 Å². The predicted octanol–water partition coefficient (Wildman–Crippen LogP) is 2.55. The van der Waals surface area contributed by atoms with Crippen LogP contribution in [0.2, 0.25) is 0 Å². The molecule has 2 N–H and O–H groups in total. The van der Waals surface area contributed by atoms with Crippen molar-refractivity contribution in [1.82, 2.24) is 20.2 Å². The second-order valence-corrected chi connectivity index (χ2v) is 5.85. The highest BCUT2D eigenvalue weighted by Crippen LogP contribution is 2.15. The molecule has 2 amide bonds. The van der Waals surface area contributed by atoms with Gasteiger partial charge in [0.05, 0.1) is 11.0 Å². The summed E-state index contributed by atoms with van der Waals surface area (Å²) in [6.07, 6.45) is 2.94. The number of rotatable bonds is 3. The number of carbonyl (C=O) groups excluding carboxylic acids is 1. The van der Waals surface area contributed by atoms with E-state index in [-0.39, 0.29) is 6.03 Å². The van der Waals surface area contributed by atoms with E-state index in [0.717, 1.165) is 55.1 Å². The van der Waals surface area contributed by atoms with Gasteiger partial charge in [-0.1, -0.05) is 19.1 Å². The van der Waals surface area contributed by atoms with Gasteiger partial charge < -0.3 is 15.2 Å². The normalized spacial score (nSPS) is 16.3. The Bertz CT molecular complexity index is 581. The first-order valence-electron chi connectivity index (χ1n) is 7.69. The van der Waals surface area contributed by atoms with E-state index >= 15 is 0 Å². The van der Waals surface area contributed by atoms with E-state index in [1.54, 1.807) is 0 Å². The minimum absolute atomic E-state index is 0.0537. The molecule has 2 aromatic rings. The molecule has 21 heavy (non-hydrogen) atoms. The Labute approximate surface area is 124 Å². The first-order valence-corrected chi connectivity index (χ1v) is 7.69. The zero-order chi connectivity index (χ0) is 14.7. The molecule has 1 fully saturated rings. The van der Waals surface area contributed by atoms with Crippen molar-refractivity contribution >= 4 is 17.1 Å². The van der Waals surface area contributed by atoms with Crippen molar-refractivity contribution in [3.63, 3.8) is 0 Å².